The van der Waals surface area contributed by atoms with E-state index in [1.54, 1.807) is 36.2 Å². The number of hydrogen-bond donors (Lipinski definition) is 1. The minimum atomic E-state index is -0.103. The van der Waals surface area contributed by atoms with E-state index in [-0.39, 0.29) is 5.91 Å². The lowest BCUT2D eigenvalue weighted by Crippen LogP contribution is -2.26. The highest BCUT2D eigenvalue weighted by atomic mass is 35.5. The molecule has 0 aliphatic carbocycles. The second-order valence-electron chi connectivity index (χ2n) is 7.76. The third-order valence-electron chi connectivity index (χ3n) is 5.42. The predicted octanol–water partition coefficient (Wildman–Crippen LogP) is 4.65. The van der Waals surface area contributed by atoms with Gasteiger partial charge in [0.15, 0.2) is 0 Å². The Balaban J connectivity index is 1.42. The zero-order chi connectivity index (χ0) is 23.5. The summed E-state index contributed by atoms with van der Waals surface area (Å²) in [7, 11) is 1.78. The molecule has 0 bridgehead atoms. The number of rotatable bonds is 6. The number of hydrogen-bond acceptors (Lipinski definition) is 5. The van der Waals surface area contributed by atoms with Crippen molar-refractivity contribution in [2.24, 2.45) is 0 Å². The predicted molar refractivity (Wildman–Crippen MR) is 129 cm³/mol. The summed E-state index contributed by atoms with van der Waals surface area (Å²) >= 11 is 6.09. The molecule has 0 unspecified atom stereocenters. The standard InChI is InChI=1S/C25H20ClN7O/c1-32(25(34)19-9-7-18(8-10-19)24-27-30-31-28-24)15-20-16-33(22-5-3-2-4-6-22)29-23(20)17-11-13-21(26)14-12-17/h2-14,16H,15H2,1H3,(H,27,28,30,31). The van der Waals surface area contributed by atoms with Crippen LogP contribution in [0.15, 0.2) is 85.1 Å². The maximum Gasteiger partial charge on any atom is 0.253 e. The highest BCUT2D eigenvalue weighted by Gasteiger charge is 2.18. The normalized spacial score (nSPS) is 10.9. The van der Waals surface area contributed by atoms with Gasteiger partial charge in [0.1, 0.15) is 0 Å². The molecule has 0 aliphatic heterocycles. The largest absolute Gasteiger partial charge is 0.337 e. The number of carbonyl (C=O) groups excluding carboxylic acids is 1. The first-order valence-electron chi connectivity index (χ1n) is 10.6. The van der Waals surface area contributed by atoms with E-state index < -0.39 is 0 Å². The molecule has 0 saturated carbocycles. The number of aromatic amines is 1. The lowest BCUT2D eigenvalue weighted by atomic mass is 10.1. The fourth-order valence-corrected chi connectivity index (χ4v) is 3.81. The highest BCUT2D eigenvalue weighted by Crippen LogP contribution is 2.26. The van der Waals surface area contributed by atoms with Crippen molar-refractivity contribution < 1.29 is 4.79 Å². The molecule has 9 heteroatoms. The first-order chi connectivity index (χ1) is 16.6. The van der Waals surface area contributed by atoms with E-state index in [1.165, 1.54) is 0 Å². The summed E-state index contributed by atoms with van der Waals surface area (Å²) in [4.78, 5) is 14.8. The van der Waals surface area contributed by atoms with Gasteiger partial charge in [-0.15, -0.1) is 10.2 Å². The molecule has 5 rings (SSSR count). The molecule has 2 aromatic heterocycles. The second-order valence-corrected chi connectivity index (χ2v) is 8.20. The van der Waals surface area contributed by atoms with Crippen LogP contribution in [0.25, 0.3) is 28.3 Å². The van der Waals surface area contributed by atoms with Crippen molar-refractivity contribution in [3.8, 4) is 28.3 Å². The molecule has 5 aromatic rings. The van der Waals surface area contributed by atoms with E-state index in [1.807, 2.05) is 65.5 Å². The number of carbonyl (C=O) groups is 1. The smallest absolute Gasteiger partial charge is 0.253 e. The number of benzene rings is 3. The summed E-state index contributed by atoms with van der Waals surface area (Å²) in [5.41, 5.74) is 4.94. The van der Waals surface area contributed by atoms with Crippen molar-refractivity contribution >= 4 is 17.5 Å². The van der Waals surface area contributed by atoms with Gasteiger partial charge in [-0.1, -0.05) is 54.1 Å². The minimum Gasteiger partial charge on any atom is -0.337 e. The van der Waals surface area contributed by atoms with Crippen LogP contribution < -0.4 is 0 Å². The van der Waals surface area contributed by atoms with Gasteiger partial charge in [0.05, 0.1) is 11.4 Å². The average molecular weight is 470 g/mol. The third kappa shape index (κ3) is 4.44. The number of nitrogens with zero attached hydrogens (tertiary/aromatic N) is 6. The third-order valence-corrected chi connectivity index (χ3v) is 5.67. The molecular weight excluding hydrogens is 450 g/mol. The molecule has 1 amide bonds. The number of amides is 1. The Hall–Kier alpha value is -4.30. The molecule has 0 spiro atoms. The van der Waals surface area contributed by atoms with Crippen LogP contribution in [0.2, 0.25) is 5.02 Å². The Kier molecular flexibility index (Phi) is 5.88. The first kappa shape index (κ1) is 21.5. The molecule has 34 heavy (non-hydrogen) atoms. The number of tetrazole rings is 1. The minimum absolute atomic E-state index is 0.103. The Morgan fingerprint density at radius 3 is 2.35 bits per heavy atom. The number of nitrogens with one attached hydrogen (secondary N) is 1. The summed E-state index contributed by atoms with van der Waals surface area (Å²) in [5.74, 6) is 0.377. The van der Waals surface area contributed by atoms with E-state index in [9.17, 15) is 4.79 Å². The van der Waals surface area contributed by atoms with E-state index in [2.05, 4.69) is 20.6 Å². The monoisotopic (exact) mass is 469 g/mol. The van der Waals surface area contributed by atoms with Crippen molar-refractivity contribution in [3.63, 3.8) is 0 Å². The lowest BCUT2D eigenvalue weighted by molar-refractivity contribution is 0.0785. The maximum atomic E-state index is 13.1. The fraction of sp³-hybridized carbons (Fsp3) is 0.0800. The molecule has 3 aromatic carbocycles. The summed E-state index contributed by atoms with van der Waals surface area (Å²) < 4.78 is 1.83. The zero-order valence-electron chi connectivity index (χ0n) is 18.3. The molecule has 1 N–H and O–H groups in total. The van der Waals surface area contributed by atoms with Crippen molar-refractivity contribution in [1.82, 2.24) is 35.3 Å². The van der Waals surface area contributed by atoms with Gasteiger partial charge in [-0.2, -0.15) is 10.3 Å². The van der Waals surface area contributed by atoms with Crippen LogP contribution in [-0.2, 0) is 6.54 Å². The average Bonchev–Trinajstić information content (AvgIpc) is 3.56. The Morgan fingerprint density at radius 1 is 0.971 bits per heavy atom. The highest BCUT2D eigenvalue weighted by molar-refractivity contribution is 6.30. The molecule has 0 atom stereocenters. The van der Waals surface area contributed by atoms with E-state index in [4.69, 9.17) is 16.7 Å². The second kappa shape index (κ2) is 9.29. The van der Waals surface area contributed by atoms with Gasteiger partial charge in [-0.05, 0) is 41.6 Å². The van der Waals surface area contributed by atoms with Crippen molar-refractivity contribution in [3.05, 3.63) is 101 Å². The van der Waals surface area contributed by atoms with Crippen LogP contribution in [0, 0.1) is 0 Å². The van der Waals surface area contributed by atoms with Crippen LogP contribution in [0.4, 0.5) is 0 Å². The van der Waals surface area contributed by atoms with E-state index in [0.29, 0.717) is 23.0 Å². The summed E-state index contributed by atoms with van der Waals surface area (Å²) in [6.45, 7) is 0.385. The number of H-pyrrole nitrogens is 1. The van der Waals surface area contributed by atoms with Gasteiger partial charge in [0, 0.05) is 47.1 Å². The first-order valence-corrected chi connectivity index (χ1v) is 11.0. The Labute approximate surface area is 200 Å². The van der Waals surface area contributed by atoms with Gasteiger partial charge in [-0.25, -0.2) is 4.68 Å². The van der Waals surface area contributed by atoms with Crippen LogP contribution in [0.5, 0.6) is 0 Å². The van der Waals surface area contributed by atoms with Crippen molar-refractivity contribution in [2.45, 2.75) is 6.54 Å². The Morgan fingerprint density at radius 2 is 1.68 bits per heavy atom. The van der Waals surface area contributed by atoms with E-state index >= 15 is 0 Å². The number of para-hydroxylation sites is 1. The zero-order valence-corrected chi connectivity index (χ0v) is 19.0. The molecular formula is C25H20ClN7O. The summed E-state index contributed by atoms with van der Waals surface area (Å²) in [6.07, 6.45) is 1.96. The molecule has 0 saturated heterocycles. The molecule has 8 nitrogen and oxygen atoms in total. The number of halogens is 1. The molecule has 168 valence electrons. The fourth-order valence-electron chi connectivity index (χ4n) is 3.68. The van der Waals surface area contributed by atoms with Crippen LogP contribution in [-0.4, -0.2) is 48.3 Å². The SMILES string of the molecule is CN(Cc1cn(-c2ccccc2)nc1-c1ccc(Cl)cc1)C(=O)c1ccc(-c2nn[nH]n2)cc1. The van der Waals surface area contributed by atoms with Gasteiger partial charge in [-0.3, -0.25) is 4.79 Å². The van der Waals surface area contributed by atoms with Gasteiger partial charge in [0.25, 0.3) is 5.91 Å². The number of aromatic nitrogens is 6. The molecule has 0 fully saturated rings. The van der Waals surface area contributed by atoms with Crippen LogP contribution in [0.3, 0.4) is 0 Å². The lowest BCUT2D eigenvalue weighted by Gasteiger charge is -2.17. The van der Waals surface area contributed by atoms with Crippen molar-refractivity contribution in [1.29, 1.82) is 0 Å². The van der Waals surface area contributed by atoms with E-state index in [0.717, 1.165) is 28.1 Å². The molecule has 0 aliphatic rings. The van der Waals surface area contributed by atoms with Gasteiger partial charge < -0.3 is 4.90 Å². The quantitative estimate of drug-likeness (QED) is 0.391. The van der Waals surface area contributed by atoms with Gasteiger partial charge in [0.2, 0.25) is 5.82 Å². The Bertz CT molecular complexity index is 1400. The topological polar surface area (TPSA) is 92.6 Å². The van der Waals surface area contributed by atoms with Gasteiger partial charge >= 0.3 is 0 Å². The maximum absolute atomic E-state index is 13.1. The van der Waals surface area contributed by atoms with Crippen LogP contribution >= 0.6 is 11.6 Å². The van der Waals surface area contributed by atoms with Crippen LogP contribution in [0.1, 0.15) is 15.9 Å². The molecule has 2 heterocycles. The summed E-state index contributed by atoms with van der Waals surface area (Å²) in [6, 6.07) is 24.5. The van der Waals surface area contributed by atoms with Crippen molar-refractivity contribution in [2.75, 3.05) is 7.05 Å². The summed E-state index contributed by atoms with van der Waals surface area (Å²) in [5, 5.41) is 19.4. The molecule has 0 radical (unpaired) electrons.